The van der Waals surface area contributed by atoms with E-state index in [4.69, 9.17) is 14.2 Å². The molecule has 9 heteroatoms. The molecule has 0 aromatic heterocycles. The number of hydrogen-bond acceptors (Lipinski definition) is 7. The lowest BCUT2D eigenvalue weighted by atomic mass is 9.95. The van der Waals surface area contributed by atoms with E-state index >= 15 is 0 Å². The van der Waals surface area contributed by atoms with Crippen LogP contribution in [-0.2, 0) is 14.3 Å². The maximum atomic E-state index is 13.5. The standard InChI is InChI=1S/C27H31FN2O6/c1-3-35-21-10-7-19(17-22(21)36-4-2)24-23(25(31)18-5-8-20(28)9-6-18)26(32)27(33)30(24)12-11-29-13-15-34-16-14-29/h5-10,17,24,31H,3-4,11-16H2,1-2H3/b25-23+. The zero-order valence-electron chi connectivity index (χ0n) is 20.5. The molecule has 2 aliphatic rings. The number of amides is 1. The zero-order valence-corrected chi connectivity index (χ0v) is 20.5. The summed E-state index contributed by atoms with van der Waals surface area (Å²) in [5.74, 6) is -1.26. The lowest BCUT2D eigenvalue weighted by molar-refractivity contribution is -0.140. The molecule has 0 aliphatic carbocycles. The van der Waals surface area contributed by atoms with Crippen LogP contribution in [0.25, 0.3) is 5.76 Å². The molecule has 2 aromatic carbocycles. The van der Waals surface area contributed by atoms with Crippen LogP contribution in [0.4, 0.5) is 4.39 Å². The lowest BCUT2D eigenvalue weighted by Crippen LogP contribution is -2.42. The number of likely N-dealkylation sites (tertiary alicyclic amines) is 1. The van der Waals surface area contributed by atoms with Crippen molar-refractivity contribution >= 4 is 17.4 Å². The number of ketones is 1. The lowest BCUT2D eigenvalue weighted by Gasteiger charge is -2.31. The maximum absolute atomic E-state index is 13.5. The van der Waals surface area contributed by atoms with Crippen LogP contribution in [0, 0.1) is 5.82 Å². The highest BCUT2D eigenvalue weighted by atomic mass is 19.1. The van der Waals surface area contributed by atoms with Crippen molar-refractivity contribution < 1.29 is 33.3 Å². The molecule has 0 radical (unpaired) electrons. The number of hydrogen-bond donors (Lipinski definition) is 1. The van der Waals surface area contributed by atoms with Gasteiger partial charge in [-0.3, -0.25) is 14.5 Å². The first-order valence-electron chi connectivity index (χ1n) is 12.2. The van der Waals surface area contributed by atoms with E-state index in [2.05, 4.69) is 4.90 Å². The predicted molar refractivity (Wildman–Crippen MR) is 131 cm³/mol. The Balaban J connectivity index is 1.77. The quantitative estimate of drug-likeness (QED) is 0.322. The van der Waals surface area contributed by atoms with E-state index in [0.717, 1.165) is 13.1 Å². The van der Waals surface area contributed by atoms with Crippen LogP contribution in [-0.4, -0.2) is 79.2 Å². The second kappa shape index (κ2) is 11.5. The van der Waals surface area contributed by atoms with Crippen molar-refractivity contribution in [3.8, 4) is 11.5 Å². The minimum Gasteiger partial charge on any atom is -0.507 e. The molecular formula is C27H31FN2O6. The van der Waals surface area contributed by atoms with Crippen LogP contribution in [0.5, 0.6) is 11.5 Å². The molecule has 2 heterocycles. The molecular weight excluding hydrogens is 467 g/mol. The van der Waals surface area contributed by atoms with Crippen LogP contribution >= 0.6 is 0 Å². The third kappa shape index (κ3) is 5.37. The van der Waals surface area contributed by atoms with E-state index in [9.17, 15) is 19.1 Å². The van der Waals surface area contributed by atoms with Crippen LogP contribution < -0.4 is 9.47 Å². The number of carbonyl (C=O) groups excluding carboxylic acids is 2. The summed E-state index contributed by atoms with van der Waals surface area (Å²) in [4.78, 5) is 30.1. The summed E-state index contributed by atoms with van der Waals surface area (Å²) < 4.78 is 30.3. The minimum absolute atomic E-state index is 0.0415. The number of morpholine rings is 1. The number of rotatable bonds is 9. The second-order valence-electron chi connectivity index (χ2n) is 8.53. The smallest absolute Gasteiger partial charge is 0.295 e. The van der Waals surface area contributed by atoms with Gasteiger partial charge in [0.2, 0.25) is 0 Å². The molecule has 4 rings (SSSR count). The Morgan fingerprint density at radius 1 is 1.00 bits per heavy atom. The van der Waals surface area contributed by atoms with Gasteiger partial charge in [-0.25, -0.2) is 4.39 Å². The number of halogens is 1. The van der Waals surface area contributed by atoms with Gasteiger partial charge in [0.15, 0.2) is 11.5 Å². The monoisotopic (exact) mass is 498 g/mol. The van der Waals surface area contributed by atoms with Gasteiger partial charge in [-0.05, 0) is 55.8 Å². The van der Waals surface area contributed by atoms with Gasteiger partial charge in [0.05, 0.1) is 38.0 Å². The first kappa shape index (κ1) is 25.7. The van der Waals surface area contributed by atoms with Crippen LogP contribution in [0.15, 0.2) is 48.0 Å². The number of benzene rings is 2. The van der Waals surface area contributed by atoms with Gasteiger partial charge < -0.3 is 24.2 Å². The maximum Gasteiger partial charge on any atom is 0.295 e. The SMILES string of the molecule is CCOc1ccc(C2/C(=C(\O)c3ccc(F)cc3)C(=O)C(=O)N2CCN2CCOCC2)cc1OCC. The Hall–Kier alpha value is -3.43. The summed E-state index contributed by atoms with van der Waals surface area (Å²) in [5.41, 5.74) is 0.815. The van der Waals surface area contributed by atoms with Crippen LogP contribution in [0.2, 0.25) is 0 Å². The molecule has 1 amide bonds. The van der Waals surface area contributed by atoms with E-state index in [-0.39, 0.29) is 23.4 Å². The molecule has 192 valence electrons. The van der Waals surface area contributed by atoms with Gasteiger partial charge in [0.1, 0.15) is 11.6 Å². The van der Waals surface area contributed by atoms with E-state index < -0.39 is 23.5 Å². The van der Waals surface area contributed by atoms with E-state index in [1.54, 1.807) is 18.2 Å². The fraction of sp³-hybridized carbons (Fsp3) is 0.407. The van der Waals surface area contributed by atoms with Crippen molar-refractivity contribution in [1.82, 2.24) is 9.80 Å². The molecule has 0 bridgehead atoms. The minimum atomic E-state index is -0.842. The molecule has 1 atom stereocenters. The molecule has 2 saturated heterocycles. The van der Waals surface area contributed by atoms with Gasteiger partial charge in [-0.15, -0.1) is 0 Å². The summed E-state index contributed by atoms with van der Waals surface area (Å²) in [6, 6.07) is 9.56. The Morgan fingerprint density at radius 2 is 1.67 bits per heavy atom. The third-order valence-electron chi connectivity index (χ3n) is 6.30. The number of nitrogens with zero attached hydrogens (tertiary/aromatic N) is 2. The van der Waals surface area contributed by atoms with Gasteiger partial charge in [-0.2, -0.15) is 0 Å². The molecule has 36 heavy (non-hydrogen) atoms. The second-order valence-corrected chi connectivity index (χ2v) is 8.53. The molecule has 2 fully saturated rings. The fourth-order valence-corrected chi connectivity index (χ4v) is 4.53. The van der Waals surface area contributed by atoms with Crippen molar-refractivity contribution in [2.24, 2.45) is 0 Å². The summed E-state index contributed by atoms with van der Waals surface area (Å²) in [7, 11) is 0. The summed E-state index contributed by atoms with van der Waals surface area (Å²) in [6.45, 7) is 8.11. The topological polar surface area (TPSA) is 88.5 Å². The molecule has 2 aromatic rings. The molecule has 0 spiro atoms. The Morgan fingerprint density at radius 3 is 2.33 bits per heavy atom. The van der Waals surface area contributed by atoms with Crippen LogP contribution in [0.1, 0.15) is 31.0 Å². The van der Waals surface area contributed by atoms with Crippen molar-refractivity contribution in [3.05, 3.63) is 65.0 Å². The Kier molecular flexibility index (Phi) is 8.22. The van der Waals surface area contributed by atoms with Gasteiger partial charge in [0, 0.05) is 31.7 Å². The van der Waals surface area contributed by atoms with Gasteiger partial charge in [-0.1, -0.05) is 6.07 Å². The number of carbonyl (C=O) groups is 2. The van der Waals surface area contributed by atoms with Crippen molar-refractivity contribution in [2.45, 2.75) is 19.9 Å². The molecule has 0 saturated carbocycles. The third-order valence-corrected chi connectivity index (χ3v) is 6.30. The highest BCUT2D eigenvalue weighted by Crippen LogP contribution is 2.42. The normalized spacial score (nSPS) is 20.1. The van der Waals surface area contributed by atoms with Crippen molar-refractivity contribution in [3.63, 3.8) is 0 Å². The Labute approximate surface area is 209 Å². The first-order chi connectivity index (χ1) is 17.4. The summed E-state index contributed by atoms with van der Waals surface area (Å²) in [6.07, 6.45) is 0. The van der Waals surface area contributed by atoms with Gasteiger partial charge in [0.25, 0.3) is 11.7 Å². The van der Waals surface area contributed by atoms with E-state index in [1.165, 1.54) is 29.2 Å². The highest BCUT2D eigenvalue weighted by Gasteiger charge is 2.46. The number of aliphatic hydroxyl groups is 1. The van der Waals surface area contributed by atoms with E-state index in [1.807, 2.05) is 13.8 Å². The average molecular weight is 499 g/mol. The predicted octanol–water partition coefficient (Wildman–Crippen LogP) is 3.38. The summed E-state index contributed by atoms with van der Waals surface area (Å²) in [5, 5.41) is 11.2. The number of aliphatic hydroxyl groups excluding tert-OH is 1. The largest absolute Gasteiger partial charge is 0.507 e. The summed E-state index contributed by atoms with van der Waals surface area (Å²) >= 11 is 0. The van der Waals surface area contributed by atoms with Crippen molar-refractivity contribution in [2.75, 3.05) is 52.6 Å². The molecule has 1 N–H and O–H groups in total. The van der Waals surface area contributed by atoms with E-state index in [0.29, 0.717) is 50.0 Å². The Bertz CT molecular complexity index is 1130. The van der Waals surface area contributed by atoms with Gasteiger partial charge >= 0.3 is 0 Å². The molecule has 1 unspecified atom stereocenters. The first-order valence-corrected chi connectivity index (χ1v) is 12.2. The van der Waals surface area contributed by atoms with Crippen molar-refractivity contribution in [1.29, 1.82) is 0 Å². The zero-order chi connectivity index (χ0) is 25.7. The average Bonchev–Trinajstić information content (AvgIpc) is 3.14. The van der Waals surface area contributed by atoms with Crippen LogP contribution in [0.3, 0.4) is 0 Å². The number of Topliss-reactive ketones (excluding diaryl/α,β-unsaturated/α-hetero) is 1. The molecule has 8 nitrogen and oxygen atoms in total. The number of ether oxygens (including phenoxy) is 3. The fourth-order valence-electron chi connectivity index (χ4n) is 4.53. The molecule has 2 aliphatic heterocycles. The highest BCUT2D eigenvalue weighted by molar-refractivity contribution is 6.46.